The molecule has 164 valence electrons. The summed E-state index contributed by atoms with van der Waals surface area (Å²) in [6, 6.07) is 13.1. The molecule has 0 bridgehead atoms. The molecule has 2 aromatic carbocycles. The smallest absolute Gasteiger partial charge is 0.341 e. The minimum atomic E-state index is -0.735. The van der Waals surface area contributed by atoms with E-state index in [-0.39, 0.29) is 22.4 Å². The Balaban J connectivity index is 1.64. The summed E-state index contributed by atoms with van der Waals surface area (Å²) >= 11 is 0. The molecule has 0 fully saturated rings. The number of benzene rings is 2. The second-order valence-corrected chi connectivity index (χ2v) is 6.42. The number of rotatable bonds is 7. The van der Waals surface area contributed by atoms with Crippen LogP contribution < -0.4 is 5.32 Å². The highest BCUT2D eigenvalue weighted by molar-refractivity contribution is 6.00. The lowest BCUT2D eigenvalue weighted by Gasteiger charge is -2.10. The van der Waals surface area contributed by atoms with E-state index < -0.39 is 30.4 Å². The van der Waals surface area contributed by atoms with E-state index in [0.717, 1.165) is 5.69 Å². The first-order chi connectivity index (χ1) is 15.4. The predicted molar refractivity (Wildman–Crippen MR) is 112 cm³/mol. The third-order valence-electron chi connectivity index (χ3n) is 4.23. The molecule has 1 aromatic heterocycles. The molecule has 10 nitrogen and oxygen atoms in total. The van der Waals surface area contributed by atoms with Crippen LogP contribution in [0.25, 0.3) is 5.69 Å². The van der Waals surface area contributed by atoms with Gasteiger partial charge in [-0.25, -0.2) is 19.1 Å². The lowest BCUT2D eigenvalue weighted by Crippen LogP contribution is -2.21. The molecule has 1 heterocycles. The molecular weight excluding hydrogens is 418 g/mol. The Morgan fingerprint density at radius 1 is 0.875 bits per heavy atom. The second-order valence-electron chi connectivity index (χ2n) is 6.42. The van der Waals surface area contributed by atoms with Crippen LogP contribution in [0.1, 0.15) is 31.1 Å². The van der Waals surface area contributed by atoms with Crippen molar-refractivity contribution < 1.29 is 33.4 Å². The highest BCUT2D eigenvalue weighted by Crippen LogP contribution is 2.17. The first-order valence-corrected chi connectivity index (χ1v) is 9.30. The summed E-state index contributed by atoms with van der Waals surface area (Å²) in [5.41, 5.74) is 1.14. The first kappa shape index (κ1) is 22.2. The van der Waals surface area contributed by atoms with Crippen LogP contribution in [-0.2, 0) is 19.0 Å². The fourth-order valence-electron chi connectivity index (χ4n) is 2.73. The van der Waals surface area contributed by atoms with Crippen LogP contribution in [0.5, 0.6) is 0 Å². The molecular formula is C22H19N3O7. The van der Waals surface area contributed by atoms with Crippen molar-refractivity contribution in [2.24, 2.45) is 0 Å². The number of nitrogens with zero attached hydrogens (tertiary/aromatic N) is 2. The third kappa shape index (κ3) is 5.36. The van der Waals surface area contributed by atoms with Crippen LogP contribution in [-0.4, -0.2) is 54.4 Å². The van der Waals surface area contributed by atoms with Gasteiger partial charge in [0.25, 0.3) is 5.91 Å². The van der Waals surface area contributed by atoms with Crippen LogP contribution in [0.2, 0.25) is 0 Å². The van der Waals surface area contributed by atoms with E-state index in [1.165, 1.54) is 49.5 Å². The van der Waals surface area contributed by atoms with Crippen molar-refractivity contribution in [1.29, 1.82) is 0 Å². The van der Waals surface area contributed by atoms with Gasteiger partial charge in [-0.3, -0.25) is 4.79 Å². The quantitative estimate of drug-likeness (QED) is 0.441. The van der Waals surface area contributed by atoms with Crippen LogP contribution in [0.4, 0.5) is 5.69 Å². The van der Waals surface area contributed by atoms with Crippen molar-refractivity contribution in [3.63, 3.8) is 0 Å². The van der Waals surface area contributed by atoms with E-state index in [1.807, 2.05) is 30.3 Å². The summed E-state index contributed by atoms with van der Waals surface area (Å²) in [5.74, 6) is -2.81. The number of hydrogen-bond acceptors (Lipinski definition) is 8. The number of nitrogens with one attached hydrogen (secondary N) is 1. The number of ether oxygens (including phenoxy) is 3. The van der Waals surface area contributed by atoms with E-state index in [4.69, 9.17) is 4.74 Å². The molecule has 3 aromatic rings. The van der Waals surface area contributed by atoms with Gasteiger partial charge in [0.2, 0.25) is 0 Å². The minimum Gasteiger partial charge on any atom is -0.465 e. The van der Waals surface area contributed by atoms with E-state index in [0.29, 0.717) is 0 Å². The van der Waals surface area contributed by atoms with Crippen LogP contribution in [0.3, 0.4) is 0 Å². The monoisotopic (exact) mass is 437 g/mol. The second kappa shape index (κ2) is 10.0. The van der Waals surface area contributed by atoms with Crippen LogP contribution in [0.15, 0.2) is 60.9 Å². The molecule has 0 aliphatic heterocycles. The predicted octanol–water partition coefficient (Wildman–Crippen LogP) is 2.24. The Morgan fingerprint density at radius 2 is 1.50 bits per heavy atom. The fraction of sp³-hybridized carbons (Fsp3) is 0.136. The zero-order valence-electron chi connectivity index (χ0n) is 17.2. The molecule has 0 saturated heterocycles. The molecule has 1 N–H and O–H groups in total. The maximum Gasteiger partial charge on any atom is 0.341 e. The molecule has 3 rings (SSSR count). The molecule has 0 unspecified atom stereocenters. The molecule has 0 saturated carbocycles. The number of methoxy groups -OCH3 is 2. The standard InChI is InChI=1S/C22H19N3O7/c1-30-20(27)14-8-15(21(28)31-2)10-17(9-14)24-19(26)13-32-22(29)16-11-23-25(12-16)18-6-4-3-5-7-18/h3-12H,13H2,1-2H3,(H,24,26). The van der Waals surface area contributed by atoms with Crippen molar-refractivity contribution in [3.8, 4) is 5.69 Å². The topological polar surface area (TPSA) is 126 Å². The third-order valence-corrected chi connectivity index (χ3v) is 4.23. The number of para-hydroxylation sites is 1. The van der Waals surface area contributed by atoms with E-state index in [1.54, 1.807) is 0 Å². The molecule has 0 spiro atoms. The largest absolute Gasteiger partial charge is 0.465 e. The highest BCUT2D eigenvalue weighted by Gasteiger charge is 2.17. The van der Waals surface area contributed by atoms with Crippen LogP contribution >= 0.6 is 0 Å². The molecule has 10 heteroatoms. The van der Waals surface area contributed by atoms with Gasteiger partial charge in [0.05, 0.1) is 42.8 Å². The number of esters is 3. The minimum absolute atomic E-state index is 0.0380. The zero-order chi connectivity index (χ0) is 23.1. The van der Waals surface area contributed by atoms with Gasteiger partial charge in [-0.2, -0.15) is 5.10 Å². The summed E-state index contributed by atoms with van der Waals surface area (Å²) in [7, 11) is 2.37. The van der Waals surface area contributed by atoms with E-state index in [9.17, 15) is 19.2 Å². The van der Waals surface area contributed by atoms with Gasteiger partial charge in [-0.1, -0.05) is 18.2 Å². The van der Waals surface area contributed by atoms with Gasteiger partial charge in [-0.15, -0.1) is 0 Å². The number of carbonyl (C=O) groups is 4. The maximum atomic E-state index is 12.2. The Bertz CT molecular complexity index is 1120. The van der Waals surface area contributed by atoms with Gasteiger partial charge >= 0.3 is 17.9 Å². The van der Waals surface area contributed by atoms with Gasteiger partial charge in [0.15, 0.2) is 6.61 Å². The number of carbonyl (C=O) groups excluding carboxylic acids is 4. The normalized spacial score (nSPS) is 10.2. The van der Waals surface area contributed by atoms with Crippen molar-refractivity contribution >= 4 is 29.5 Å². The maximum absolute atomic E-state index is 12.2. The molecule has 0 aliphatic carbocycles. The number of amides is 1. The average molecular weight is 437 g/mol. The summed E-state index contributed by atoms with van der Waals surface area (Å²) in [5, 5.41) is 6.56. The van der Waals surface area contributed by atoms with Crippen molar-refractivity contribution in [2.75, 3.05) is 26.1 Å². The van der Waals surface area contributed by atoms with E-state index in [2.05, 4.69) is 19.9 Å². The van der Waals surface area contributed by atoms with Gasteiger partial charge in [0, 0.05) is 11.9 Å². The summed E-state index contributed by atoms with van der Waals surface area (Å²) in [6.45, 7) is -0.592. The molecule has 0 atom stereocenters. The Morgan fingerprint density at radius 3 is 2.09 bits per heavy atom. The summed E-state index contributed by atoms with van der Waals surface area (Å²) < 4.78 is 15.8. The van der Waals surface area contributed by atoms with Crippen LogP contribution in [0, 0.1) is 0 Å². The van der Waals surface area contributed by atoms with Gasteiger partial charge in [0.1, 0.15) is 0 Å². The van der Waals surface area contributed by atoms with Crippen molar-refractivity contribution in [3.05, 3.63) is 77.6 Å². The number of hydrogen-bond donors (Lipinski definition) is 1. The lowest BCUT2D eigenvalue weighted by atomic mass is 10.1. The van der Waals surface area contributed by atoms with Gasteiger partial charge < -0.3 is 19.5 Å². The summed E-state index contributed by atoms with van der Waals surface area (Å²) in [4.78, 5) is 48.1. The van der Waals surface area contributed by atoms with Gasteiger partial charge in [-0.05, 0) is 30.3 Å². The SMILES string of the molecule is COC(=O)c1cc(NC(=O)COC(=O)c2cnn(-c3ccccc3)c2)cc(C(=O)OC)c1. The first-order valence-electron chi connectivity index (χ1n) is 9.30. The molecule has 0 radical (unpaired) electrons. The number of anilines is 1. The fourth-order valence-corrected chi connectivity index (χ4v) is 2.73. The molecule has 32 heavy (non-hydrogen) atoms. The summed E-state index contributed by atoms with van der Waals surface area (Å²) in [6.07, 6.45) is 2.81. The molecule has 1 amide bonds. The Hall–Kier alpha value is -4.47. The zero-order valence-corrected chi connectivity index (χ0v) is 17.2. The molecule has 0 aliphatic rings. The average Bonchev–Trinajstić information content (AvgIpc) is 3.32. The number of aromatic nitrogens is 2. The van der Waals surface area contributed by atoms with Crippen molar-refractivity contribution in [1.82, 2.24) is 9.78 Å². The lowest BCUT2D eigenvalue weighted by molar-refractivity contribution is -0.119. The van der Waals surface area contributed by atoms with E-state index >= 15 is 0 Å². The highest BCUT2D eigenvalue weighted by atomic mass is 16.5. The Kier molecular flexibility index (Phi) is 6.96. The Labute approximate surface area is 182 Å². The van der Waals surface area contributed by atoms with Crippen molar-refractivity contribution in [2.45, 2.75) is 0 Å².